The molecule has 0 aliphatic carbocycles. The van der Waals surface area contributed by atoms with Crippen LogP contribution in [0.25, 0.3) is 10.8 Å². The Hall–Kier alpha value is -1.61. The van der Waals surface area contributed by atoms with E-state index < -0.39 is 13.5 Å². The fourth-order valence-corrected chi connectivity index (χ4v) is 3.19. The molecule has 2 aromatic rings. The molecule has 0 unspecified atom stereocenters. The third kappa shape index (κ3) is 3.73. The molecule has 0 fully saturated rings. The van der Waals surface area contributed by atoms with Gasteiger partial charge in [-0.2, -0.15) is 0 Å². The number of hydrogen-bond acceptors (Lipinski definition) is 2. The Bertz CT molecular complexity index is 676. The number of esters is 1. The lowest BCUT2D eigenvalue weighted by atomic mass is 9.97. The van der Waals surface area contributed by atoms with E-state index in [2.05, 4.69) is 37.8 Å². The van der Waals surface area contributed by atoms with Gasteiger partial charge in [-0.1, -0.05) is 49.1 Å². The predicted octanol–water partition coefficient (Wildman–Crippen LogP) is 4.34. The maximum absolute atomic E-state index is 11.9. The zero-order valence-electron chi connectivity index (χ0n) is 13.8. The average molecular weight is 300 g/mol. The molecular formula is C18H24O2Si. The van der Waals surface area contributed by atoms with Crippen molar-refractivity contribution in [2.75, 3.05) is 0 Å². The summed E-state index contributed by atoms with van der Waals surface area (Å²) >= 11 is 0. The van der Waals surface area contributed by atoms with Gasteiger partial charge in [0.25, 0.3) is 0 Å². The molecule has 0 spiro atoms. The van der Waals surface area contributed by atoms with Crippen molar-refractivity contribution in [1.29, 1.82) is 0 Å². The lowest BCUT2D eigenvalue weighted by Crippen LogP contribution is -2.37. The standard InChI is InChI=1S/C18H24O2Si/c1-18(2,3)17(19)20-15-9-7-14-12-16(21(4,5)6)10-8-13(14)11-15/h7-12H,1-6H3. The van der Waals surface area contributed by atoms with Crippen LogP contribution in [0.4, 0.5) is 0 Å². The fourth-order valence-electron chi connectivity index (χ4n) is 2.01. The van der Waals surface area contributed by atoms with E-state index in [4.69, 9.17) is 4.74 Å². The number of carbonyl (C=O) groups is 1. The number of rotatable bonds is 2. The number of ether oxygens (including phenoxy) is 1. The van der Waals surface area contributed by atoms with Gasteiger partial charge in [0.05, 0.1) is 13.5 Å². The summed E-state index contributed by atoms with van der Waals surface area (Å²) in [6, 6.07) is 12.4. The molecule has 3 heteroatoms. The van der Waals surface area contributed by atoms with Crippen molar-refractivity contribution in [1.82, 2.24) is 0 Å². The molecule has 0 amide bonds. The summed E-state index contributed by atoms with van der Waals surface area (Å²) in [4.78, 5) is 11.9. The molecule has 2 nitrogen and oxygen atoms in total. The molecule has 2 aromatic carbocycles. The van der Waals surface area contributed by atoms with Crippen LogP contribution in [0.1, 0.15) is 20.8 Å². The molecule has 2 rings (SSSR count). The van der Waals surface area contributed by atoms with E-state index in [9.17, 15) is 4.79 Å². The van der Waals surface area contributed by atoms with Crippen LogP contribution < -0.4 is 9.92 Å². The zero-order chi connectivity index (χ0) is 15.8. The Labute approximate surface area is 128 Å². The van der Waals surface area contributed by atoms with Gasteiger partial charge < -0.3 is 4.74 Å². The first kappa shape index (κ1) is 15.8. The predicted molar refractivity (Wildman–Crippen MR) is 92.0 cm³/mol. The summed E-state index contributed by atoms with van der Waals surface area (Å²) in [7, 11) is -1.30. The van der Waals surface area contributed by atoms with Gasteiger partial charge in [0.15, 0.2) is 0 Å². The Morgan fingerprint density at radius 3 is 2.10 bits per heavy atom. The van der Waals surface area contributed by atoms with Crippen LogP contribution in [0.2, 0.25) is 19.6 Å². The minimum Gasteiger partial charge on any atom is -0.426 e. The molecule has 21 heavy (non-hydrogen) atoms. The van der Waals surface area contributed by atoms with E-state index >= 15 is 0 Å². The minimum atomic E-state index is -1.30. The first-order valence-electron chi connectivity index (χ1n) is 7.34. The summed E-state index contributed by atoms with van der Waals surface area (Å²) in [5.74, 6) is 0.406. The van der Waals surface area contributed by atoms with Gasteiger partial charge in [-0.15, -0.1) is 0 Å². The normalized spacial score (nSPS) is 12.5. The highest BCUT2D eigenvalue weighted by molar-refractivity contribution is 6.88. The van der Waals surface area contributed by atoms with Gasteiger partial charge in [-0.05, 0) is 43.7 Å². The molecular weight excluding hydrogens is 276 g/mol. The maximum atomic E-state index is 11.9. The van der Waals surface area contributed by atoms with Crippen molar-refractivity contribution in [3.8, 4) is 5.75 Å². The van der Waals surface area contributed by atoms with Crippen molar-refractivity contribution in [2.24, 2.45) is 5.41 Å². The topological polar surface area (TPSA) is 26.3 Å². The molecule has 0 heterocycles. The monoisotopic (exact) mass is 300 g/mol. The Morgan fingerprint density at radius 1 is 0.952 bits per heavy atom. The molecule has 0 saturated carbocycles. The van der Waals surface area contributed by atoms with E-state index in [1.54, 1.807) is 0 Å². The lowest BCUT2D eigenvalue weighted by molar-refractivity contribution is -0.142. The second kappa shape index (κ2) is 5.30. The third-order valence-electron chi connectivity index (χ3n) is 3.50. The van der Waals surface area contributed by atoms with Gasteiger partial charge >= 0.3 is 5.97 Å². The fraction of sp³-hybridized carbons (Fsp3) is 0.389. The van der Waals surface area contributed by atoms with Crippen LogP contribution in [0.5, 0.6) is 5.75 Å². The summed E-state index contributed by atoms with van der Waals surface area (Å²) in [6.45, 7) is 12.6. The molecule has 0 aliphatic rings. The van der Waals surface area contributed by atoms with Gasteiger partial charge in [-0.3, -0.25) is 4.79 Å². The third-order valence-corrected chi connectivity index (χ3v) is 5.54. The van der Waals surface area contributed by atoms with E-state index in [-0.39, 0.29) is 5.97 Å². The minimum absolute atomic E-state index is 0.208. The van der Waals surface area contributed by atoms with E-state index in [1.165, 1.54) is 10.6 Å². The summed E-state index contributed by atoms with van der Waals surface area (Å²) in [5, 5.41) is 3.75. The molecule has 0 aromatic heterocycles. The van der Waals surface area contributed by atoms with E-state index in [1.807, 2.05) is 39.0 Å². The Balaban J connectivity index is 2.34. The van der Waals surface area contributed by atoms with Crippen molar-refractivity contribution >= 4 is 30.0 Å². The number of fused-ring (bicyclic) bond motifs is 1. The van der Waals surface area contributed by atoms with Gasteiger partial charge in [0.1, 0.15) is 5.75 Å². The molecule has 0 N–H and O–H groups in total. The summed E-state index contributed by atoms with van der Waals surface area (Å²) in [5.41, 5.74) is -0.489. The highest BCUT2D eigenvalue weighted by Crippen LogP contribution is 2.24. The number of carbonyl (C=O) groups excluding carboxylic acids is 1. The Kier molecular flexibility index (Phi) is 3.98. The van der Waals surface area contributed by atoms with Crippen LogP contribution in [-0.4, -0.2) is 14.0 Å². The van der Waals surface area contributed by atoms with Gasteiger partial charge in [0.2, 0.25) is 0 Å². The molecule has 112 valence electrons. The SMILES string of the molecule is CC(C)(C)C(=O)Oc1ccc2cc([Si](C)(C)C)ccc2c1. The highest BCUT2D eigenvalue weighted by atomic mass is 28.3. The second-order valence-electron chi connectivity index (χ2n) is 7.61. The van der Waals surface area contributed by atoms with Crippen LogP contribution in [0.15, 0.2) is 36.4 Å². The van der Waals surface area contributed by atoms with Crippen LogP contribution >= 0.6 is 0 Å². The maximum Gasteiger partial charge on any atom is 0.316 e. The largest absolute Gasteiger partial charge is 0.426 e. The first-order chi connectivity index (χ1) is 9.57. The molecule has 0 bridgehead atoms. The molecule has 0 aliphatic heterocycles. The smallest absolute Gasteiger partial charge is 0.316 e. The van der Waals surface area contributed by atoms with Crippen molar-refractivity contribution < 1.29 is 9.53 Å². The van der Waals surface area contributed by atoms with Crippen LogP contribution in [-0.2, 0) is 4.79 Å². The molecule has 0 saturated heterocycles. The highest BCUT2D eigenvalue weighted by Gasteiger charge is 2.23. The average Bonchev–Trinajstić information content (AvgIpc) is 2.35. The van der Waals surface area contributed by atoms with Crippen molar-refractivity contribution in [2.45, 2.75) is 40.4 Å². The zero-order valence-corrected chi connectivity index (χ0v) is 14.8. The summed E-state index contributed by atoms with van der Waals surface area (Å²) < 4.78 is 5.45. The lowest BCUT2D eigenvalue weighted by Gasteiger charge is -2.18. The second-order valence-corrected chi connectivity index (χ2v) is 12.7. The quantitative estimate of drug-likeness (QED) is 0.468. The van der Waals surface area contributed by atoms with Crippen molar-refractivity contribution in [3.05, 3.63) is 36.4 Å². The molecule has 0 radical (unpaired) electrons. The van der Waals surface area contributed by atoms with E-state index in [0.29, 0.717) is 5.75 Å². The van der Waals surface area contributed by atoms with Crippen LogP contribution in [0, 0.1) is 5.41 Å². The van der Waals surface area contributed by atoms with Crippen molar-refractivity contribution in [3.63, 3.8) is 0 Å². The molecule has 0 atom stereocenters. The number of hydrogen-bond donors (Lipinski definition) is 0. The van der Waals surface area contributed by atoms with Gasteiger partial charge in [0, 0.05) is 0 Å². The van der Waals surface area contributed by atoms with E-state index in [0.717, 1.165) is 5.39 Å². The summed E-state index contributed by atoms with van der Waals surface area (Å²) in [6.07, 6.45) is 0. The first-order valence-corrected chi connectivity index (χ1v) is 10.8. The Morgan fingerprint density at radius 2 is 1.52 bits per heavy atom. The van der Waals surface area contributed by atoms with Crippen LogP contribution in [0.3, 0.4) is 0 Å². The van der Waals surface area contributed by atoms with Gasteiger partial charge in [-0.25, -0.2) is 0 Å². The number of benzene rings is 2.